The van der Waals surface area contributed by atoms with Crippen LogP contribution in [0.15, 0.2) is 57.3 Å². The van der Waals surface area contributed by atoms with E-state index < -0.39 is 0 Å². The van der Waals surface area contributed by atoms with Gasteiger partial charge in [-0.15, -0.1) is 11.3 Å². The van der Waals surface area contributed by atoms with Gasteiger partial charge in [0.1, 0.15) is 0 Å². The van der Waals surface area contributed by atoms with E-state index in [0.29, 0.717) is 29.0 Å². The molecule has 0 bridgehead atoms. The van der Waals surface area contributed by atoms with Crippen molar-refractivity contribution in [1.29, 1.82) is 0 Å². The number of carbonyl (C=O) groups excluding carboxylic acids is 1. The van der Waals surface area contributed by atoms with Gasteiger partial charge in [-0.3, -0.25) is 4.79 Å². The Kier molecular flexibility index (Phi) is 9.60. The summed E-state index contributed by atoms with van der Waals surface area (Å²) < 4.78 is 12.0. The lowest BCUT2D eigenvalue weighted by molar-refractivity contribution is -0.118. The van der Waals surface area contributed by atoms with Crippen LogP contribution in [0.1, 0.15) is 25.8 Å². The molecule has 174 valence electrons. The van der Waals surface area contributed by atoms with E-state index in [1.165, 1.54) is 23.1 Å². The first-order valence-electron chi connectivity index (χ1n) is 10.4. The van der Waals surface area contributed by atoms with Crippen molar-refractivity contribution in [1.82, 2.24) is 10.4 Å². The molecule has 2 aromatic carbocycles. The van der Waals surface area contributed by atoms with Gasteiger partial charge in [0.2, 0.25) is 0 Å². The molecular weight excluding hydrogens is 478 g/mol. The minimum atomic E-state index is -0.208. The van der Waals surface area contributed by atoms with Gasteiger partial charge in [0.25, 0.3) is 5.91 Å². The molecule has 0 unspecified atom stereocenters. The summed E-state index contributed by atoms with van der Waals surface area (Å²) in [7, 11) is 1.60. The van der Waals surface area contributed by atoms with E-state index in [1.807, 2.05) is 47.8 Å². The Hall–Kier alpha value is -2.55. The fraction of sp³-hybridized carbons (Fsp3) is 0.292. The molecule has 33 heavy (non-hydrogen) atoms. The molecule has 0 spiro atoms. The summed E-state index contributed by atoms with van der Waals surface area (Å²) in [6, 6.07) is 13.0. The van der Waals surface area contributed by atoms with Crippen molar-refractivity contribution >= 4 is 46.8 Å². The van der Waals surface area contributed by atoms with Crippen LogP contribution in [0.2, 0.25) is 5.02 Å². The minimum Gasteiger partial charge on any atom is -0.493 e. The quantitative estimate of drug-likeness (QED) is 0.193. The Morgan fingerprint density at radius 1 is 1.24 bits per heavy atom. The summed E-state index contributed by atoms with van der Waals surface area (Å²) >= 11 is 8.80. The van der Waals surface area contributed by atoms with Crippen LogP contribution in [0.25, 0.3) is 11.3 Å². The highest BCUT2D eigenvalue weighted by atomic mass is 35.5. The number of amides is 1. The number of nitrogens with one attached hydrogen (secondary N) is 1. The number of hydrogen-bond acceptors (Lipinski definition) is 7. The molecule has 0 atom stereocenters. The molecule has 9 heteroatoms. The number of ether oxygens (including phenoxy) is 2. The van der Waals surface area contributed by atoms with E-state index >= 15 is 0 Å². The topological polar surface area (TPSA) is 72.8 Å². The van der Waals surface area contributed by atoms with Crippen molar-refractivity contribution in [3.8, 4) is 22.8 Å². The van der Waals surface area contributed by atoms with Crippen LogP contribution < -0.4 is 14.9 Å². The second kappa shape index (κ2) is 12.6. The molecule has 1 amide bonds. The summed E-state index contributed by atoms with van der Waals surface area (Å²) in [5.41, 5.74) is 5.19. The summed E-state index contributed by atoms with van der Waals surface area (Å²) in [6.45, 7) is 4.94. The number of hydrogen-bond donors (Lipinski definition) is 1. The largest absolute Gasteiger partial charge is 0.493 e. The maximum Gasteiger partial charge on any atom is 0.250 e. The van der Waals surface area contributed by atoms with Crippen LogP contribution in [-0.2, 0) is 4.79 Å². The molecule has 0 aliphatic heterocycles. The van der Waals surface area contributed by atoms with Gasteiger partial charge in [0, 0.05) is 16.0 Å². The highest BCUT2D eigenvalue weighted by Crippen LogP contribution is 2.29. The Bertz CT molecular complexity index is 1080. The van der Waals surface area contributed by atoms with Crippen LogP contribution in [-0.4, -0.2) is 36.6 Å². The van der Waals surface area contributed by atoms with Crippen molar-refractivity contribution in [2.45, 2.75) is 24.6 Å². The van der Waals surface area contributed by atoms with Gasteiger partial charge in [0.05, 0.1) is 31.4 Å². The molecule has 0 aliphatic rings. The van der Waals surface area contributed by atoms with Crippen molar-refractivity contribution in [3.05, 3.63) is 58.4 Å². The monoisotopic (exact) mass is 503 g/mol. The maximum atomic E-state index is 12.1. The molecule has 0 radical (unpaired) electrons. The van der Waals surface area contributed by atoms with Crippen LogP contribution in [0.4, 0.5) is 0 Å². The van der Waals surface area contributed by atoms with Crippen LogP contribution in [0.5, 0.6) is 11.5 Å². The first kappa shape index (κ1) is 25.1. The van der Waals surface area contributed by atoms with Gasteiger partial charge < -0.3 is 9.47 Å². The molecule has 0 saturated heterocycles. The van der Waals surface area contributed by atoms with E-state index in [4.69, 9.17) is 21.1 Å². The number of nitrogens with zero attached hydrogens (tertiary/aromatic N) is 2. The third-order valence-corrected chi connectivity index (χ3v) is 6.77. The molecule has 1 heterocycles. The van der Waals surface area contributed by atoms with E-state index in [0.717, 1.165) is 27.6 Å². The number of hydrazone groups is 1. The smallest absolute Gasteiger partial charge is 0.250 e. The van der Waals surface area contributed by atoms with Gasteiger partial charge in [0.15, 0.2) is 15.8 Å². The maximum absolute atomic E-state index is 12.1. The molecule has 0 fully saturated rings. The molecule has 0 aliphatic carbocycles. The second-order valence-electron chi connectivity index (χ2n) is 7.53. The van der Waals surface area contributed by atoms with Crippen LogP contribution >= 0.6 is 34.7 Å². The number of thiazole rings is 1. The predicted octanol–water partition coefficient (Wildman–Crippen LogP) is 6.14. The summed E-state index contributed by atoms with van der Waals surface area (Å²) in [6.07, 6.45) is 2.55. The second-order valence-corrected chi connectivity index (χ2v) is 10.0. The van der Waals surface area contributed by atoms with E-state index in [-0.39, 0.29) is 11.7 Å². The summed E-state index contributed by atoms with van der Waals surface area (Å²) in [5, 5.41) is 6.69. The zero-order valence-corrected chi connectivity index (χ0v) is 21.1. The Labute approximate surface area is 207 Å². The molecule has 1 aromatic heterocycles. The predicted molar refractivity (Wildman–Crippen MR) is 137 cm³/mol. The Morgan fingerprint density at radius 2 is 2.03 bits per heavy atom. The van der Waals surface area contributed by atoms with Crippen LogP contribution in [0.3, 0.4) is 0 Å². The van der Waals surface area contributed by atoms with Crippen molar-refractivity contribution < 1.29 is 14.3 Å². The van der Waals surface area contributed by atoms with Gasteiger partial charge in [-0.05, 0) is 48.2 Å². The third-order valence-electron chi connectivity index (χ3n) is 4.49. The van der Waals surface area contributed by atoms with E-state index in [1.54, 1.807) is 13.3 Å². The zero-order valence-electron chi connectivity index (χ0n) is 18.7. The first-order chi connectivity index (χ1) is 15.9. The zero-order chi connectivity index (χ0) is 23.6. The fourth-order valence-electron chi connectivity index (χ4n) is 2.70. The number of benzene rings is 2. The lowest BCUT2D eigenvalue weighted by atomic mass is 10.1. The minimum absolute atomic E-state index is 0.208. The number of thioether (sulfide) groups is 1. The normalized spacial score (nSPS) is 11.2. The third kappa shape index (κ3) is 8.07. The molecule has 3 aromatic rings. The molecular formula is C24H26ClN3O3S2. The SMILES string of the molecule is COc1cc(/C=N/NC(=O)CSc2nc(-c3ccc(Cl)cc3)cs2)ccc1OCCC(C)C. The van der Waals surface area contributed by atoms with Crippen molar-refractivity contribution in [2.75, 3.05) is 19.5 Å². The van der Waals surface area contributed by atoms with Gasteiger partial charge in [-0.25, -0.2) is 10.4 Å². The number of carbonyl (C=O) groups is 1. The van der Waals surface area contributed by atoms with Gasteiger partial charge in [-0.2, -0.15) is 5.10 Å². The van der Waals surface area contributed by atoms with E-state index in [2.05, 4.69) is 29.4 Å². The highest BCUT2D eigenvalue weighted by Gasteiger charge is 2.09. The number of rotatable bonds is 11. The number of halogens is 1. The number of methoxy groups -OCH3 is 1. The van der Waals surface area contributed by atoms with Crippen LogP contribution in [0, 0.1) is 5.92 Å². The summed E-state index contributed by atoms with van der Waals surface area (Å²) in [4.78, 5) is 16.7. The molecule has 6 nitrogen and oxygen atoms in total. The molecule has 1 N–H and O–H groups in total. The van der Waals surface area contributed by atoms with Gasteiger partial charge >= 0.3 is 0 Å². The van der Waals surface area contributed by atoms with Crippen molar-refractivity contribution in [3.63, 3.8) is 0 Å². The van der Waals surface area contributed by atoms with Crippen molar-refractivity contribution in [2.24, 2.45) is 11.0 Å². The van der Waals surface area contributed by atoms with Gasteiger partial charge in [-0.1, -0.05) is 49.3 Å². The number of aromatic nitrogens is 1. The Morgan fingerprint density at radius 3 is 2.76 bits per heavy atom. The van der Waals surface area contributed by atoms with E-state index in [9.17, 15) is 4.79 Å². The average molecular weight is 504 g/mol. The molecule has 3 rings (SSSR count). The summed E-state index contributed by atoms with van der Waals surface area (Å²) in [5.74, 6) is 1.91. The average Bonchev–Trinajstić information content (AvgIpc) is 3.27. The Balaban J connectivity index is 1.47. The fourth-order valence-corrected chi connectivity index (χ4v) is 4.46. The standard InChI is InChI=1S/C24H26ClN3O3S2/c1-16(2)10-11-31-21-9-4-17(12-22(21)30-3)13-26-28-23(29)15-33-24-27-20(14-32-24)18-5-7-19(25)8-6-18/h4-9,12-14,16H,10-11,15H2,1-3H3,(H,28,29)/b26-13+. The lowest BCUT2D eigenvalue weighted by Crippen LogP contribution is -2.19. The highest BCUT2D eigenvalue weighted by molar-refractivity contribution is 8.01. The molecule has 0 saturated carbocycles. The first-order valence-corrected chi connectivity index (χ1v) is 12.7. The lowest BCUT2D eigenvalue weighted by Gasteiger charge is -2.12.